The van der Waals surface area contributed by atoms with Crippen LogP contribution in [-0.4, -0.2) is 42.5 Å². The minimum Gasteiger partial charge on any atom is -0.497 e. The molecule has 1 aliphatic carbocycles. The first-order valence-electron chi connectivity index (χ1n) is 14.8. The van der Waals surface area contributed by atoms with Crippen LogP contribution in [0.5, 0.6) is 11.5 Å². The van der Waals surface area contributed by atoms with Crippen molar-refractivity contribution in [2.45, 2.75) is 89.5 Å². The molecule has 0 spiro atoms. The molecular formula is C33H38F6N2O6. The number of hydrogen-bond donors (Lipinski definition) is 2. The molecule has 1 heterocycles. The molecule has 8 nitrogen and oxygen atoms in total. The van der Waals surface area contributed by atoms with Crippen molar-refractivity contribution in [2.75, 3.05) is 7.11 Å². The second-order valence-corrected chi connectivity index (χ2v) is 13.5. The summed E-state index contributed by atoms with van der Waals surface area (Å²) in [6.07, 6.45) is -12.9. The second kappa shape index (κ2) is 12.3. The average Bonchev–Trinajstić information content (AvgIpc) is 3.32. The number of benzene rings is 2. The summed E-state index contributed by atoms with van der Waals surface area (Å²) in [7, 11) is 1.20. The quantitative estimate of drug-likeness (QED) is 0.142. The van der Waals surface area contributed by atoms with Gasteiger partial charge in [0.2, 0.25) is 0 Å². The maximum Gasteiger partial charge on any atom is 0.417 e. The van der Waals surface area contributed by atoms with Crippen LogP contribution < -0.4 is 26.6 Å². The molecule has 2 aromatic carbocycles. The van der Waals surface area contributed by atoms with Crippen LogP contribution in [-0.2, 0) is 15.7 Å². The predicted octanol–water partition coefficient (Wildman–Crippen LogP) is 6.99. The zero-order chi connectivity index (χ0) is 35.3. The predicted molar refractivity (Wildman–Crippen MR) is 162 cm³/mol. The highest BCUT2D eigenvalue weighted by atomic mass is 19.4. The molecule has 4 unspecified atom stereocenters. The number of rotatable bonds is 9. The van der Waals surface area contributed by atoms with Gasteiger partial charge in [-0.2, -0.15) is 26.3 Å². The number of methoxy groups -OCH3 is 1. The van der Waals surface area contributed by atoms with Gasteiger partial charge in [-0.3, -0.25) is 4.79 Å². The van der Waals surface area contributed by atoms with Gasteiger partial charge in [0.05, 0.1) is 23.7 Å². The zero-order valence-corrected chi connectivity index (χ0v) is 26.8. The highest BCUT2D eigenvalue weighted by Gasteiger charge is 2.57. The third kappa shape index (κ3) is 7.69. The molecule has 4 rings (SSSR count). The van der Waals surface area contributed by atoms with Crippen molar-refractivity contribution >= 4 is 16.9 Å². The van der Waals surface area contributed by atoms with E-state index in [1.807, 2.05) is 0 Å². The van der Waals surface area contributed by atoms with E-state index in [0.717, 1.165) is 12.1 Å². The lowest BCUT2D eigenvalue weighted by molar-refractivity contribution is -0.219. The van der Waals surface area contributed by atoms with Crippen LogP contribution in [0.1, 0.15) is 59.4 Å². The molecule has 0 radical (unpaired) electrons. The van der Waals surface area contributed by atoms with E-state index < -0.39 is 69.7 Å². The fraction of sp³-hybridized carbons (Fsp3) is 0.515. The van der Waals surface area contributed by atoms with Crippen LogP contribution in [0.2, 0.25) is 0 Å². The van der Waals surface area contributed by atoms with E-state index in [4.69, 9.17) is 30.1 Å². The van der Waals surface area contributed by atoms with Gasteiger partial charge in [-0.1, -0.05) is 0 Å². The molecule has 1 aliphatic rings. The number of fused-ring (bicyclic) bond motifs is 1. The standard InChI is InChI=1S/C33H38F6N2O6/c1-29(2,40)16-31(5,30(3,4)41)28(43)47-24-12-11-23(26(24)33(37,38)39)45-19-8-7-17-13-21(27(42)46-25(17)15-19)20-10-9-18(44-6)14-22(20)32(34,35)36/h7-10,13-15,23-24,26H,11-12,16,40-41H2,1-6H3. The van der Waals surface area contributed by atoms with Crippen molar-refractivity contribution in [2.24, 2.45) is 22.8 Å². The Morgan fingerprint density at radius 2 is 1.49 bits per heavy atom. The van der Waals surface area contributed by atoms with Crippen molar-refractivity contribution in [3.05, 3.63) is 58.4 Å². The Kier molecular flexibility index (Phi) is 9.47. The summed E-state index contributed by atoms with van der Waals surface area (Å²) in [5.74, 6) is -3.25. The highest BCUT2D eigenvalue weighted by molar-refractivity contribution is 5.83. The van der Waals surface area contributed by atoms with Gasteiger partial charge in [-0.05, 0) is 90.3 Å². The number of carbonyl (C=O) groups is 1. The van der Waals surface area contributed by atoms with Gasteiger partial charge >= 0.3 is 23.9 Å². The van der Waals surface area contributed by atoms with Crippen molar-refractivity contribution in [3.63, 3.8) is 0 Å². The fourth-order valence-electron chi connectivity index (χ4n) is 6.00. The smallest absolute Gasteiger partial charge is 0.417 e. The Bertz CT molecular complexity index is 1690. The summed E-state index contributed by atoms with van der Waals surface area (Å²) >= 11 is 0. The van der Waals surface area contributed by atoms with E-state index in [9.17, 15) is 35.9 Å². The van der Waals surface area contributed by atoms with Crippen LogP contribution in [0.3, 0.4) is 0 Å². The third-order valence-corrected chi connectivity index (χ3v) is 8.67. The van der Waals surface area contributed by atoms with E-state index in [1.165, 1.54) is 44.4 Å². The van der Waals surface area contributed by atoms with Crippen LogP contribution in [0.25, 0.3) is 22.1 Å². The van der Waals surface area contributed by atoms with E-state index in [2.05, 4.69) is 0 Å². The van der Waals surface area contributed by atoms with E-state index >= 15 is 0 Å². The first-order chi connectivity index (χ1) is 21.4. The van der Waals surface area contributed by atoms with Gasteiger partial charge in [0, 0.05) is 28.1 Å². The van der Waals surface area contributed by atoms with Gasteiger partial charge in [-0.25, -0.2) is 4.79 Å². The molecule has 0 bridgehead atoms. The first kappa shape index (κ1) is 36.1. The molecule has 0 amide bonds. The molecule has 47 heavy (non-hydrogen) atoms. The molecular weight excluding hydrogens is 634 g/mol. The number of carbonyl (C=O) groups excluding carboxylic acids is 1. The van der Waals surface area contributed by atoms with E-state index in [-0.39, 0.29) is 47.3 Å². The van der Waals surface area contributed by atoms with Crippen molar-refractivity contribution in [1.82, 2.24) is 0 Å². The second-order valence-electron chi connectivity index (χ2n) is 13.5. The van der Waals surface area contributed by atoms with Crippen LogP contribution >= 0.6 is 0 Å². The molecule has 1 fully saturated rings. The van der Waals surface area contributed by atoms with Crippen LogP contribution in [0.4, 0.5) is 26.3 Å². The molecule has 4 atom stereocenters. The maximum atomic E-state index is 14.4. The van der Waals surface area contributed by atoms with Gasteiger partial charge in [0.15, 0.2) is 0 Å². The molecule has 1 aromatic heterocycles. The largest absolute Gasteiger partial charge is 0.497 e. The zero-order valence-electron chi connectivity index (χ0n) is 26.8. The molecule has 0 saturated heterocycles. The van der Waals surface area contributed by atoms with Gasteiger partial charge in [0.1, 0.15) is 35.2 Å². The monoisotopic (exact) mass is 672 g/mol. The van der Waals surface area contributed by atoms with Gasteiger partial charge in [-0.15, -0.1) is 0 Å². The number of halogens is 6. The minimum atomic E-state index is -4.82. The summed E-state index contributed by atoms with van der Waals surface area (Å²) in [6, 6.07) is 8.17. The van der Waals surface area contributed by atoms with E-state index in [1.54, 1.807) is 27.7 Å². The molecule has 4 N–H and O–H groups in total. The van der Waals surface area contributed by atoms with Gasteiger partial charge in [0.25, 0.3) is 0 Å². The summed E-state index contributed by atoms with van der Waals surface area (Å²) < 4.78 is 106. The number of nitrogens with two attached hydrogens (primary N) is 2. The third-order valence-electron chi connectivity index (χ3n) is 8.67. The first-order valence-corrected chi connectivity index (χ1v) is 14.8. The number of esters is 1. The van der Waals surface area contributed by atoms with E-state index in [0.29, 0.717) is 0 Å². The SMILES string of the molecule is COc1ccc(-c2cc3ccc(OC4CCC(OC(=O)C(C)(CC(C)(C)N)C(C)(C)N)C4C(F)(F)F)cc3oc2=O)c(C(F)(F)F)c1. The molecule has 0 aliphatic heterocycles. The number of ether oxygens (including phenoxy) is 3. The fourth-order valence-corrected chi connectivity index (χ4v) is 6.00. The number of alkyl halides is 6. The lowest BCUT2D eigenvalue weighted by Gasteiger charge is -2.43. The molecule has 1 saturated carbocycles. The topological polar surface area (TPSA) is 127 Å². The normalized spacial score (nSPS) is 20.6. The lowest BCUT2D eigenvalue weighted by Crippen LogP contribution is -2.59. The molecule has 14 heteroatoms. The van der Waals surface area contributed by atoms with Crippen molar-refractivity contribution in [3.8, 4) is 22.6 Å². The van der Waals surface area contributed by atoms with Crippen LogP contribution in [0, 0.1) is 11.3 Å². The van der Waals surface area contributed by atoms with Crippen LogP contribution in [0.15, 0.2) is 51.7 Å². The Morgan fingerprint density at radius 3 is 2.04 bits per heavy atom. The van der Waals surface area contributed by atoms with Gasteiger partial charge < -0.3 is 30.1 Å². The summed E-state index contributed by atoms with van der Waals surface area (Å²) in [5, 5.41) is 0.202. The lowest BCUT2D eigenvalue weighted by atomic mass is 9.67. The Morgan fingerprint density at radius 1 is 0.872 bits per heavy atom. The van der Waals surface area contributed by atoms with Crippen molar-refractivity contribution in [1.29, 1.82) is 0 Å². The number of hydrogen-bond acceptors (Lipinski definition) is 8. The Labute approximate surface area is 267 Å². The minimum absolute atomic E-state index is 0.0473. The maximum absolute atomic E-state index is 14.4. The summed E-state index contributed by atoms with van der Waals surface area (Å²) in [5.41, 5.74) is 5.84. The summed E-state index contributed by atoms with van der Waals surface area (Å²) in [6.45, 7) is 8.02. The molecule has 258 valence electrons. The highest BCUT2D eigenvalue weighted by Crippen LogP contribution is 2.46. The Balaban J connectivity index is 1.62. The van der Waals surface area contributed by atoms with Crippen molar-refractivity contribution < 1.29 is 49.8 Å². The summed E-state index contributed by atoms with van der Waals surface area (Å²) in [4.78, 5) is 26.3. The molecule has 3 aromatic rings. The average molecular weight is 673 g/mol. The Hall–Kier alpha value is -3.78.